The second-order valence-corrected chi connectivity index (χ2v) is 9.18. The second kappa shape index (κ2) is 15.9. The summed E-state index contributed by atoms with van der Waals surface area (Å²) < 4.78 is 0. The molecule has 5 amide bonds. The van der Waals surface area contributed by atoms with E-state index in [9.17, 15) is 38.7 Å². The number of hydrogen-bond donors (Lipinski definition) is 9. The summed E-state index contributed by atoms with van der Waals surface area (Å²) in [5.41, 5.74) is 10.5. The van der Waals surface area contributed by atoms with Crippen molar-refractivity contribution in [1.29, 1.82) is 0 Å². The summed E-state index contributed by atoms with van der Waals surface area (Å²) in [6, 6.07) is -5.37. The molecule has 17 nitrogen and oxygen atoms in total. The minimum atomic E-state index is -1.65. The smallest absolute Gasteiger partial charge is 0.327 e. The maximum Gasteiger partial charge on any atom is 0.327 e. The number of nitrogens with one attached hydrogen (secondary N) is 5. The molecule has 0 aliphatic carbocycles. The van der Waals surface area contributed by atoms with Crippen molar-refractivity contribution in [2.45, 2.75) is 50.4 Å². The molecule has 0 bridgehead atoms. The summed E-state index contributed by atoms with van der Waals surface area (Å²) in [6.07, 6.45) is -0.534. The molecule has 1 aliphatic heterocycles. The van der Waals surface area contributed by atoms with Gasteiger partial charge in [0.05, 0.1) is 18.7 Å². The maximum atomic E-state index is 12.7. The van der Waals surface area contributed by atoms with Crippen molar-refractivity contribution >= 4 is 59.2 Å². The van der Waals surface area contributed by atoms with Gasteiger partial charge in [-0.25, -0.2) is 4.79 Å². The third-order valence-corrected chi connectivity index (χ3v) is 5.97. The lowest BCUT2D eigenvalue weighted by atomic mass is 10.1. The summed E-state index contributed by atoms with van der Waals surface area (Å²) in [5.74, 6) is -7.71. The van der Waals surface area contributed by atoms with Gasteiger partial charge >= 0.3 is 11.9 Å². The Labute approximate surface area is 221 Å². The van der Waals surface area contributed by atoms with E-state index in [1.54, 1.807) is 0 Å². The predicted molar refractivity (Wildman–Crippen MR) is 134 cm³/mol. The Morgan fingerprint density at radius 3 is 2.24 bits per heavy atom. The first kappa shape index (κ1) is 31.9. The van der Waals surface area contributed by atoms with E-state index in [0.29, 0.717) is 0 Å². The van der Waals surface area contributed by atoms with Gasteiger partial charge < -0.3 is 48.3 Å². The monoisotopic (exact) mass is 560 g/mol. The number of thioether (sulfide) groups is 1. The summed E-state index contributed by atoms with van der Waals surface area (Å²) in [5, 5.41) is 29.9. The molecule has 18 heteroatoms. The van der Waals surface area contributed by atoms with E-state index in [2.05, 4.69) is 31.6 Å². The van der Waals surface area contributed by atoms with Crippen molar-refractivity contribution < 1.29 is 43.8 Å². The zero-order chi connectivity index (χ0) is 28.8. The van der Waals surface area contributed by atoms with E-state index in [0.717, 1.165) is 11.8 Å². The lowest BCUT2D eigenvalue weighted by molar-refractivity contribution is -0.143. The number of amides is 5. The molecule has 212 valence electrons. The van der Waals surface area contributed by atoms with Crippen LogP contribution in [-0.4, -0.2) is 106 Å². The predicted octanol–water partition coefficient (Wildman–Crippen LogP) is -4.58. The number of nitrogens with zero attached hydrogens (tertiary/aromatic N) is 1. The first-order valence-electron chi connectivity index (χ1n) is 11.3. The number of guanidine groups is 1. The normalized spacial score (nSPS) is 24.3. The van der Waals surface area contributed by atoms with Crippen molar-refractivity contribution in [1.82, 2.24) is 26.6 Å². The van der Waals surface area contributed by atoms with E-state index in [1.165, 1.54) is 6.92 Å². The minimum absolute atomic E-state index is 0.0626. The Morgan fingerprint density at radius 2 is 1.63 bits per heavy atom. The lowest BCUT2D eigenvalue weighted by Gasteiger charge is -2.23. The molecule has 0 radical (unpaired) electrons. The standard InChI is InChI=1S/C20H32N8O9S/c1-9-16(33)27-10(3-2-4-23-20(21)22)17(34)24-6-13(29)26-11(5-15(31)32)18(35)28-12(19(36)37)7-38-8-14(30)25-9/h9-12H,2-8H2,1H3,(H,24,34)(H,25,30)(H,26,29)(H,27,33)(H,28,35)(H,31,32)(H,36,37)(H4,21,22,23)/t9-,10-,11-,12-/m0/s1. The van der Waals surface area contributed by atoms with Crippen LogP contribution in [0.5, 0.6) is 0 Å². The van der Waals surface area contributed by atoms with Crippen LogP contribution in [0.3, 0.4) is 0 Å². The van der Waals surface area contributed by atoms with Crippen molar-refractivity contribution in [3.63, 3.8) is 0 Å². The highest BCUT2D eigenvalue weighted by Crippen LogP contribution is 2.06. The molecule has 0 spiro atoms. The van der Waals surface area contributed by atoms with Crippen molar-refractivity contribution in [3.05, 3.63) is 0 Å². The molecular weight excluding hydrogens is 528 g/mol. The molecule has 1 heterocycles. The summed E-state index contributed by atoms with van der Waals surface area (Å²) in [6.45, 7) is 0.837. The van der Waals surface area contributed by atoms with Crippen LogP contribution in [0.15, 0.2) is 4.99 Å². The van der Waals surface area contributed by atoms with Crippen molar-refractivity contribution in [2.75, 3.05) is 24.6 Å². The van der Waals surface area contributed by atoms with Crippen molar-refractivity contribution in [3.8, 4) is 0 Å². The van der Waals surface area contributed by atoms with Gasteiger partial charge in [-0.15, -0.1) is 11.8 Å². The number of hydrogen-bond acceptors (Lipinski definition) is 9. The molecule has 1 saturated heterocycles. The third kappa shape index (κ3) is 12.2. The van der Waals surface area contributed by atoms with E-state index in [-0.39, 0.29) is 36.9 Å². The first-order valence-corrected chi connectivity index (χ1v) is 12.5. The molecule has 1 rings (SSSR count). The molecule has 1 aliphatic rings. The molecule has 11 N–H and O–H groups in total. The summed E-state index contributed by atoms with van der Waals surface area (Å²) in [7, 11) is 0. The number of carbonyl (C=O) groups is 7. The molecule has 0 aromatic heterocycles. The molecule has 0 aromatic carbocycles. The Bertz CT molecular complexity index is 957. The van der Waals surface area contributed by atoms with E-state index in [1.807, 2.05) is 0 Å². The van der Waals surface area contributed by atoms with Gasteiger partial charge in [0, 0.05) is 12.3 Å². The van der Waals surface area contributed by atoms with Crippen LogP contribution in [0.4, 0.5) is 0 Å². The SMILES string of the molecule is C[C@@H]1NC(=O)CSC[C@@H](C(=O)O)NC(=O)[C@H](CC(=O)O)NC(=O)CNC(=O)[C@H](CCCN=C(N)N)NC1=O. The second-order valence-electron chi connectivity index (χ2n) is 8.15. The van der Waals surface area contributed by atoms with Crippen LogP contribution >= 0.6 is 11.8 Å². The number of rotatable bonds is 7. The molecular formula is C20H32N8O9S. The number of carboxylic acid groups (broad SMARTS) is 2. The fraction of sp³-hybridized carbons (Fsp3) is 0.600. The van der Waals surface area contributed by atoms with Gasteiger partial charge in [-0.2, -0.15) is 0 Å². The maximum absolute atomic E-state index is 12.7. The minimum Gasteiger partial charge on any atom is -0.481 e. The fourth-order valence-electron chi connectivity index (χ4n) is 3.05. The Kier molecular flexibility index (Phi) is 13.4. The highest BCUT2D eigenvalue weighted by atomic mass is 32.2. The Balaban J connectivity index is 3.12. The summed E-state index contributed by atoms with van der Waals surface area (Å²) >= 11 is 0.839. The van der Waals surface area contributed by atoms with E-state index < -0.39 is 78.6 Å². The van der Waals surface area contributed by atoms with Crippen LogP contribution in [0.25, 0.3) is 0 Å². The number of carbonyl (C=O) groups excluding carboxylic acids is 5. The van der Waals surface area contributed by atoms with E-state index >= 15 is 0 Å². The van der Waals surface area contributed by atoms with Gasteiger partial charge in [0.2, 0.25) is 29.5 Å². The molecule has 4 atom stereocenters. The van der Waals surface area contributed by atoms with Crippen molar-refractivity contribution in [2.24, 2.45) is 16.5 Å². The molecule has 1 fully saturated rings. The quantitative estimate of drug-likeness (QED) is 0.0808. The Hall–Kier alpha value is -4.09. The molecule has 0 aromatic rings. The Morgan fingerprint density at radius 1 is 0.947 bits per heavy atom. The zero-order valence-corrected chi connectivity index (χ0v) is 21.3. The fourth-order valence-corrected chi connectivity index (χ4v) is 3.90. The van der Waals surface area contributed by atoms with Crippen LogP contribution < -0.4 is 38.1 Å². The van der Waals surface area contributed by atoms with Gasteiger partial charge in [0.1, 0.15) is 24.2 Å². The van der Waals surface area contributed by atoms with Gasteiger partial charge in [-0.3, -0.25) is 33.8 Å². The zero-order valence-electron chi connectivity index (χ0n) is 20.5. The lowest BCUT2D eigenvalue weighted by Crippen LogP contribution is -2.56. The van der Waals surface area contributed by atoms with Gasteiger partial charge in [0.25, 0.3) is 0 Å². The van der Waals surface area contributed by atoms with Crippen LogP contribution in [0.1, 0.15) is 26.2 Å². The van der Waals surface area contributed by atoms with Crippen LogP contribution in [0, 0.1) is 0 Å². The molecule has 38 heavy (non-hydrogen) atoms. The first-order chi connectivity index (χ1) is 17.8. The molecule has 0 saturated carbocycles. The highest BCUT2D eigenvalue weighted by molar-refractivity contribution is 8.00. The topological polar surface area (TPSA) is 284 Å². The average Bonchev–Trinajstić information content (AvgIpc) is 2.81. The molecule has 0 unspecified atom stereocenters. The number of nitrogens with two attached hydrogens (primary N) is 2. The van der Waals surface area contributed by atoms with Gasteiger partial charge in [-0.1, -0.05) is 0 Å². The van der Waals surface area contributed by atoms with Crippen LogP contribution in [-0.2, 0) is 33.6 Å². The third-order valence-electron chi connectivity index (χ3n) is 4.93. The van der Waals surface area contributed by atoms with Gasteiger partial charge in [-0.05, 0) is 19.8 Å². The summed E-state index contributed by atoms with van der Waals surface area (Å²) in [4.78, 5) is 89.0. The number of carboxylic acids is 2. The van der Waals surface area contributed by atoms with E-state index in [4.69, 9.17) is 16.6 Å². The average molecular weight is 561 g/mol. The number of aliphatic carboxylic acids is 2. The van der Waals surface area contributed by atoms with Gasteiger partial charge in [0.15, 0.2) is 5.96 Å². The van der Waals surface area contributed by atoms with Crippen LogP contribution in [0.2, 0.25) is 0 Å². The number of aliphatic imine (C=N–C) groups is 1. The largest absolute Gasteiger partial charge is 0.481 e. The highest BCUT2D eigenvalue weighted by Gasteiger charge is 2.30.